The zero-order valence-electron chi connectivity index (χ0n) is 11.5. The molecule has 1 aliphatic rings. The Morgan fingerprint density at radius 3 is 2.56 bits per heavy atom. The Hall–Kier alpha value is -1.28. The number of likely N-dealkylation sites (tertiary alicyclic amines) is 1. The lowest BCUT2D eigenvalue weighted by atomic mass is 10.2. The number of hydrogen-bond donors (Lipinski definition) is 1. The molecule has 0 aromatic carbocycles. The third-order valence-corrected chi connectivity index (χ3v) is 2.82. The summed E-state index contributed by atoms with van der Waals surface area (Å²) < 4.78 is 5.13. The van der Waals surface area contributed by atoms with E-state index in [9.17, 15) is 4.79 Å². The number of ether oxygens (including phenoxy) is 1. The number of nitrogens with one attached hydrogen (secondary N) is 1. The molecule has 0 aliphatic carbocycles. The fourth-order valence-corrected chi connectivity index (χ4v) is 2.01. The first-order chi connectivity index (χ1) is 8.42. The summed E-state index contributed by atoms with van der Waals surface area (Å²) in [7, 11) is 0. The molecule has 18 heavy (non-hydrogen) atoms. The highest BCUT2D eigenvalue weighted by Gasteiger charge is 2.22. The number of carbonyl (C=O) groups is 1. The third-order valence-electron chi connectivity index (χ3n) is 2.82. The Morgan fingerprint density at radius 2 is 2.06 bits per heavy atom. The Labute approximate surface area is 109 Å². The Kier molecular flexibility index (Phi) is 5.42. The number of amides is 1. The summed E-state index contributed by atoms with van der Waals surface area (Å²) in [6, 6.07) is 2.20. The summed E-state index contributed by atoms with van der Waals surface area (Å²) in [5.41, 5.74) is -0.479. The van der Waals surface area contributed by atoms with Gasteiger partial charge in [0, 0.05) is 6.54 Å². The molecule has 0 aromatic heterocycles. The van der Waals surface area contributed by atoms with Gasteiger partial charge in [0.2, 0.25) is 0 Å². The molecule has 0 radical (unpaired) electrons. The van der Waals surface area contributed by atoms with Crippen LogP contribution < -0.4 is 5.32 Å². The molecule has 1 heterocycles. The molecule has 102 valence electrons. The molecule has 1 rings (SSSR count). The number of alkyl carbamates (subject to hydrolysis) is 1. The highest BCUT2D eigenvalue weighted by molar-refractivity contribution is 5.67. The Bertz CT molecular complexity index is 311. The molecular weight excluding hydrogens is 230 g/mol. The lowest BCUT2D eigenvalue weighted by Gasteiger charge is -2.22. The SMILES string of the molecule is CC(C)(C)OC(=O)NCCC(C#N)N1CCCC1. The van der Waals surface area contributed by atoms with Gasteiger partial charge in [-0.15, -0.1) is 0 Å². The molecule has 5 nitrogen and oxygen atoms in total. The van der Waals surface area contributed by atoms with Crippen molar-refractivity contribution >= 4 is 6.09 Å². The van der Waals surface area contributed by atoms with Crippen LogP contribution in [0.3, 0.4) is 0 Å². The van der Waals surface area contributed by atoms with Crippen LogP contribution in [0, 0.1) is 11.3 Å². The maximum absolute atomic E-state index is 11.4. The first-order valence-electron chi connectivity index (χ1n) is 6.53. The van der Waals surface area contributed by atoms with E-state index in [4.69, 9.17) is 10.00 Å². The Morgan fingerprint density at radius 1 is 1.44 bits per heavy atom. The molecule has 1 saturated heterocycles. The molecule has 1 amide bonds. The second-order valence-corrected chi connectivity index (χ2v) is 5.61. The number of nitrogens with zero attached hydrogens (tertiary/aromatic N) is 2. The van der Waals surface area contributed by atoms with E-state index in [2.05, 4.69) is 16.3 Å². The van der Waals surface area contributed by atoms with Crippen LogP contribution in [-0.4, -0.2) is 42.3 Å². The van der Waals surface area contributed by atoms with Gasteiger partial charge in [0.1, 0.15) is 5.60 Å². The molecule has 0 spiro atoms. The molecule has 1 atom stereocenters. The van der Waals surface area contributed by atoms with Crippen LogP contribution in [0.4, 0.5) is 4.79 Å². The number of nitriles is 1. The zero-order valence-corrected chi connectivity index (χ0v) is 11.5. The van der Waals surface area contributed by atoms with Crippen LogP contribution in [0.5, 0.6) is 0 Å². The first-order valence-corrected chi connectivity index (χ1v) is 6.53. The number of carbonyl (C=O) groups excluding carboxylic acids is 1. The summed E-state index contributed by atoms with van der Waals surface area (Å²) in [4.78, 5) is 13.6. The van der Waals surface area contributed by atoms with Crippen molar-refractivity contribution < 1.29 is 9.53 Å². The fraction of sp³-hybridized carbons (Fsp3) is 0.846. The minimum atomic E-state index is -0.479. The van der Waals surface area contributed by atoms with E-state index in [1.165, 1.54) is 0 Å². The molecule has 1 fully saturated rings. The van der Waals surface area contributed by atoms with Crippen molar-refractivity contribution in [1.82, 2.24) is 10.2 Å². The van der Waals surface area contributed by atoms with Gasteiger partial charge in [0.25, 0.3) is 0 Å². The topological polar surface area (TPSA) is 65.4 Å². The number of hydrogen-bond acceptors (Lipinski definition) is 4. The average molecular weight is 253 g/mol. The molecule has 0 saturated carbocycles. The van der Waals surface area contributed by atoms with Gasteiger partial charge in [0.05, 0.1) is 12.1 Å². The zero-order chi connectivity index (χ0) is 13.6. The van der Waals surface area contributed by atoms with E-state index in [1.807, 2.05) is 20.8 Å². The maximum Gasteiger partial charge on any atom is 0.407 e. The molecule has 5 heteroatoms. The monoisotopic (exact) mass is 253 g/mol. The van der Waals surface area contributed by atoms with Gasteiger partial charge in [-0.3, -0.25) is 4.90 Å². The van der Waals surface area contributed by atoms with Gasteiger partial charge in [-0.05, 0) is 53.1 Å². The summed E-state index contributed by atoms with van der Waals surface area (Å²) in [5, 5.41) is 11.8. The predicted octanol–water partition coefficient (Wildman–Crippen LogP) is 1.89. The van der Waals surface area contributed by atoms with E-state index in [-0.39, 0.29) is 6.04 Å². The maximum atomic E-state index is 11.4. The van der Waals surface area contributed by atoms with Gasteiger partial charge in [-0.2, -0.15) is 5.26 Å². The summed E-state index contributed by atoms with van der Waals surface area (Å²) in [6.45, 7) is 7.94. The summed E-state index contributed by atoms with van der Waals surface area (Å²) in [5.74, 6) is 0. The third kappa shape index (κ3) is 5.37. The van der Waals surface area contributed by atoms with Crippen molar-refractivity contribution in [2.24, 2.45) is 0 Å². The molecule has 1 unspecified atom stereocenters. The second kappa shape index (κ2) is 6.60. The van der Waals surface area contributed by atoms with Crippen molar-refractivity contribution in [2.45, 2.75) is 51.7 Å². The van der Waals surface area contributed by atoms with Gasteiger partial charge in [0.15, 0.2) is 0 Å². The van der Waals surface area contributed by atoms with Gasteiger partial charge in [-0.1, -0.05) is 0 Å². The van der Waals surface area contributed by atoms with E-state index >= 15 is 0 Å². The van der Waals surface area contributed by atoms with Crippen LogP contribution in [0.1, 0.15) is 40.0 Å². The van der Waals surface area contributed by atoms with Crippen molar-refractivity contribution in [1.29, 1.82) is 5.26 Å². The van der Waals surface area contributed by atoms with Gasteiger partial charge >= 0.3 is 6.09 Å². The molecular formula is C13H23N3O2. The normalized spacial score (nSPS) is 18.1. The standard InChI is InChI=1S/C13H23N3O2/c1-13(2,3)18-12(17)15-7-6-11(10-14)16-8-4-5-9-16/h11H,4-9H2,1-3H3,(H,15,17). The largest absolute Gasteiger partial charge is 0.444 e. The lowest BCUT2D eigenvalue weighted by Crippen LogP contribution is -2.37. The van der Waals surface area contributed by atoms with Crippen LogP contribution in [-0.2, 0) is 4.74 Å². The minimum absolute atomic E-state index is 0.0950. The van der Waals surface area contributed by atoms with Crippen LogP contribution in [0.2, 0.25) is 0 Å². The predicted molar refractivity (Wildman–Crippen MR) is 69.1 cm³/mol. The van der Waals surface area contributed by atoms with E-state index in [0.717, 1.165) is 25.9 Å². The Balaban J connectivity index is 2.23. The lowest BCUT2D eigenvalue weighted by molar-refractivity contribution is 0.0524. The van der Waals surface area contributed by atoms with E-state index in [1.54, 1.807) is 0 Å². The molecule has 1 N–H and O–H groups in total. The van der Waals surface area contributed by atoms with E-state index in [0.29, 0.717) is 13.0 Å². The van der Waals surface area contributed by atoms with Crippen molar-refractivity contribution in [3.05, 3.63) is 0 Å². The van der Waals surface area contributed by atoms with Crippen molar-refractivity contribution in [3.63, 3.8) is 0 Å². The van der Waals surface area contributed by atoms with Crippen LogP contribution >= 0.6 is 0 Å². The second-order valence-electron chi connectivity index (χ2n) is 5.61. The molecule has 0 aromatic rings. The minimum Gasteiger partial charge on any atom is -0.444 e. The summed E-state index contributed by atoms with van der Waals surface area (Å²) in [6.07, 6.45) is 2.56. The van der Waals surface area contributed by atoms with Gasteiger partial charge in [-0.25, -0.2) is 4.79 Å². The fourth-order valence-electron chi connectivity index (χ4n) is 2.01. The highest BCUT2D eigenvalue weighted by atomic mass is 16.6. The summed E-state index contributed by atoms with van der Waals surface area (Å²) >= 11 is 0. The first kappa shape index (κ1) is 14.8. The van der Waals surface area contributed by atoms with Crippen LogP contribution in [0.25, 0.3) is 0 Å². The quantitative estimate of drug-likeness (QED) is 0.831. The van der Waals surface area contributed by atoms with Crippen molar-refractivity contribution in [2.75, 3.05) is 19.6 Å². The van der Waals surface area contributed by atoms with Gasteiger partial charge < -0.3 is 10.1 Å². The van der Waals surface area contributed by atoms with Crippen molar-refractivity contribution in [3.8, 4) is 6.07 Å². The highest BCUT2D eigenvalue weighted by Crippen LogP contribution is 2.13. The number of rotatable bonds is 4. The molecule has 1 aliphatic heterocycles. The van der Waals surface area contributed by atoms with E-state index < -0.39 is 11.7 Å². The average Bonchev–Trinajstić information content (AvgIpc) is 2.75. The smallest absolute Gasteiger partial charge is 0.407 e. The molecule has 0 bridgehead atoms. The van der Waals surface area contributed by atoms with Crippen LogP contribution in [0.15, 0.2) is 0 Å².